The third kappa shape index (κ3) is 2.28. The lowest BCUT2D eigenvalue weighted by Crippen LogP contribution is -2.36. The van der Waals surface area contributed by atoms with Crippen LogP contribution >= 0.6 is 0 Å². The van der Waals surface area contributed by atoms with E-state index in [1.807, 2.05) is 27.0 Å². The van der Waals surface area contributed by atoms with Crippen molar-refractivity contribution in [2.24, 2.45) is 5.92 Å². The van der Waals surface area contributed by atoms with Gasteiger partial charge in [-0.25, -0.2) is 0 Å². The number of aryl methyl sites for hydroxylation is 1. The van der Waals surface area contributed by atoms with Gasteiger partial charge in [-0.15, -0.1) is 0 Å². The minimum absolute atomic E-state index is 0.299. The van der Waals surface area contributed by atoms with E-state index in [2.05, 4.69) is 12.2 Å². The van der Waals surface area contributed by atoms with Gasteiger partial charge >= 0.3 is 0 Å². The van der Waals surface area contributed by atoms with Gasteiger partial charge in [0, 0.05) is 6.54 Å². The summed E-state index contributed by atoms with van der Waals surface area (Å²) >= 11 is 0. The fourth-order valence-electron chi connectivity index (χ4n) is 2.57. The highest BCUT2D eigenvalue weighted by Crippen LogP contribution is 2.34. The largest absolute Gasteiger partial charge is 0.319 e. The van der Waals surface area contributed by atoms with Crippen LogP contribution in [0.15, 0.2) is 12.1 Å². The highest BCUT2D eigenvalue weighted by Gasteiger charge is 2.37. The molecule has 0 radical (unpaired) electrons. The summed E-state index contributed by atoms with van der Waals surface area (Å²) < 4.78 is 0. The standard InChI is InChI=1S/C15H20N2O2/c1-9(7-16-4)8-17-13-11(3)10(2)5-6-12(13)14(18)15(17)19/h5-6,9,16H,7-8H2,1-4H3. The second-order valence-electron chi connectivity index (χ2n) is 5.31. The maximum atomic E-state index is 12.1. The number of amides is 1. The van der Waals surface area contributed by atoms with Crippen molar-refractivity contribution in [3.8, 4) is 0 Å². The van der Waals surface area contributed by atoms with Crippen molar-refractivity contribution in [3.63, 3.8) is 0 Å². The summed E-state index contributed by atoms with van der Waals surface area (Å²) in [5, 5.41) is 3.09. The molecule has 1 aromatic carbocycles. The molecule has 0 bridgehead atoms. The van der Waals surface area contributed by atoms with Crippen molar-refractivity contribution in [2.45, 2.75) is 20.8 Å². The van der Waals surface area contributed by atoms with Crippen LogP contribution in [0.1, 0.15) is 28.4 Å². The molecular formula is C15H20N2O2. The van der Waals surface area contributed by atoms with Crippen molar-refractivity contribution in [3.05, 3.63) is 28.8 Å². The second kappa shape index (κ2) is 5.13. The molecule has 0 saturated carbocycles. The lowest BCUT2D eigenvalue weighted by Gasteiger charge is -2.23. The minimum Gasteiger partial charge on any atom is -0.319 e. The predicted molar refractivity (Wildman–Crippen MR) is 75.7 cm³/mol. The SMILES string of the molecule is CNCC(C)CN1C(=O)C(=O)c2ccc(C)c(C)c21. The fourth-order valence-corrected chi connectivity index (χ4v) is 2.57. The maximum Gasteiger partial charge on any atom is 0.299 e. The average molecular weight is 260 g/mol. The number of hydrogen-bond donors (Lipinski definition) is 1. The topological polar surface area (TPSA) is 49.4 Å². The number of carbonyl (C=O) groups excluding carboxylic acids is 2. The molecule has 1 aliphatic heterocycles. The molecule has 0 aromatic heterocycles. The monoisotopic (exact) mass is 260 g/mol. The number of ketones is 1. The molecule has 1 amide bonds. The van der Waals surface area contributed by atoms with Gasteiger partial charge < -0.3 is 10.2 Å². The third-order valence-corrected chi connectivity index (χ3v) is 3.70. The van der Waals surface area contributed by atoms with Crippen LogP contribution < -0.4 is 10.2 Å². The summed E-state index contributed by atoms with van der Waals surface area (Å²) in [4.78, 5) is 25.8. The highest BCUT2D eigenvalue weighted by atomic mass is 16.2. The second-order valence-corrected chi connectivity index (χ2v) is 5.31. The summed E-state index contributed by atoms with van der Waals surface area (Å²) in [5.74, 6) is -0.478. The van der Waals surface area contributed by atoms with Crippen LogP contribution in [-0.2, 0) is 4.79 Å². The van der Waals surface area contributed by atoms with Gasteiger partial charge in [0.2, 0.25) is 0 Å². The van der Waals surface area contributed by atoms with Crippen LogP contribution in [-0.4, -0.2) is 31.8 Å². The molecule has 0 saturated heterocycles. The normalized spacial score (nSPS) is 15.9. The smallest absolute Gasteiger partial charge is 0.299 e. The molecule has 4 nitrogen and oxygen atoms in total. The van der Waals surface area contributed by atoms with Crippen LogP contribution in [0.3, 0.4) is 0 Å². The van der Waals surface area contributed by atoms with Crippen LogP contribution in [0.4, 0.5) is 5.69 Å². The molecule has 0 spiro atoms. The number of benzene rings is 1. The van der Waals surface area contributed by atoms with E-state index in [9.17, 15) is 9.59 Å². The van der Waals surface area contributed by atoms with E-state index in [0.717, 1.165) is 23.4 Å². The minimum atomic E-state index is -0.397. The molecule has 0 fully saturated rings. The zero-order valence-corrected chi connectivity index (χ0v) is 11.9. The molecule has 1 N–H and O–H groups in total. The van der Waals surface area contributed by atoms with Crippen LogP contribution in [0.2, 0.25) is 0 Å². The molecule has 4 heteroatoms. The van der Waals surface area contributed by atoms with Crippen molar-refractivity contribution < 1.29 is 9.59 Å². The molecule has 1 heterocycles. The van der Waals surface area contributed by atoms with Crippen molar-refractivity contribution >= 4 is 17.4 Å². The molecule has 1 atom stereocenters. The lowest BCUT2D eigenvalue weighted by atomic mass is 10.0. The number of Topliss-reactive ketones (excluding diaryl/α,β-unsaturated/α-hetero) is 1. The number of nitrogens with zero attached hydrogens (tertiary/aromatic N) is 1. The average Bonchev–Trinajstić information content (AvgIpc) is 2.60. The first kappa shape index (κ1) is 13.7. The number of anilines is 1. The van der Waals surface area contributed by atoms with E-state index >= 15 is 0 Å². The number of nitrogens with one attached hydrogen (secondary N) is 1. The maximum absolute atomic E-state index is 12.1. The number of carbonyl (C=O) groups is 2. The third-order valence-electron chi connectivity index (χ3n) is 3.70. The summed E-state index contributed by atoms with van der Waals surface area (Å²) in [5.41, 5.74) is 3.48. The zero-order valence-electron chi connectivity index (χ0n) is 11.9. The fraction of sp³-hybridized carbons (Fsp3) is 0.467. The van der Waals surface area contributed by atoms with Gasteiger partial charge in [-0.1, -0.05) is 13.0 Å². The number of fused-ring (bicyclic) bond motifs is 1. The van der Waals surface area contributed by atoms with E-state index in [1.54, 1.807) is 11.0 Å². The van der Waals surface area contributed by atoms with Crippen LogP contribution in [0, 0.1) is 19.8 Å². The van der Waals surface area contributed by atoms with Gasteiger partial charge in [0.1, 0.15) is 0 Å². The molecule has 2 rings (SSSR count). The first-order valence-electron chi connectivity index (χ1n) is 6.58. The van der Waals surface area contributed by atoms with E-state index in [-0.39, 0.29) is 5.78 Å². The Morgan fingerprint density at radius 2 is 1.95 bits per heavy atom. The van der Waals surface area contributed by atoms with Crippen LogP contribution in [0.5, 0.6) is 0 Å². The molecular weight excluding hydrogens is 240 g/mol. The summed E-state index contributed by atoms with van der Waals surface area (Å²) in [7, 11) is 1.89. The molecule has 1 unspecified atom stereocenters. The first-order valence-corrected chi connectivity index (χ1v) is 6.58. The van der Waals surface area contributed by atoms with Gasteiger partial charge in [0.05, 0.1) is 11.3 Å². The Balaban J connectivity index is 2.40. The summed E-state index contributed by atoms with van der Waals surface area (Å²) in [6.07, 6.45) is 0. The van der Waals surface area contributed by atoms with E-state index in [4.69, 9.17) is 0 Å². The van der Waals surface area contributed by atoms with Gasteiger partial charge in [0.15, 0.2) is 0 Å². The zero-order chi connectivity index (χ0) is 14.2. The molecule has 102 valence electrons. The van der Waals surface area contributed by atoms with Gasteiger partial charge in [0.25, 0.3) is 11.7 Å². The molecule has 1 aliphatic rings. The Hall–Kier alpha value is -1.68. The van der Waals surface area contributed by atoms with Crippen molar-refractivity contribution in [1.82, 2.24) is 5.32 Å². The van der Waals surface area contributed by atoms with Gasteiger partial charge in [-0.05, 0) is 50.6 Å². The van der Waals surface area contributed by atoms with Crippen molar-refractivity contribution in [2.75, 3.05) is 25.0 Å². The Labute approximate surface area is 113 Å². The van der Waals surface area contributed by atoms with Crippen LogP contribution in [0.25, 0.3) is 0 Å². The Morgan fingerprint density at radius 1 is 1.26 bits per heavy atom. The van der Waals surface area contributed by atoms with E-state index in [1.165, 1.54) is 0 Å². The molecule has 0 aliphatic carbocycles. The number of hydrogen-bond acceptors (Lipinski definition) is 3. The summed E-state index contributed by atoms with van der Waals surface area (Å²) in [6, 6.07) is 3.67. The summed E-state index contributed by atoms with van der Waals surface area (Å²) in [6.45, 7) is 7.42. The highest BCUT2D eigenvalue weighted by molar-refractivity contribution is 6.52. The Morgan fingerprint density at radius 3 is 2.58 bits per heavy atom. The molecule has 19 heavy (non-hydrogen) atoms. The Bertz CT molecular complexity index is 537. The predicted octanol–water partition coefficient (Wildman–Crippen LogP) is 1.69. The van der Waals surface area contributed by atoms with Crippen molar-refractivity contribution in [1.29, 1.82) is 0 Å². The van der Waals surface area contributed by atoms with Gasteiger partial charge in [-0.3, -0.25) is 9.59 Å². The molecule has 1 aromatic rings. The lowest BCUT2D eigenvalue weighted by molar-refractivity contribution is -0.114. The first-order chi connectivity index (χ1) is 8.97. The van der Waals surface area contributed by atoms with E-state index in [0.29, 0.717) is 18.0 Å². The van der Waals surface area contributed by atoms with Gasteiger partial charge in [-0.2, -0.15) is 0 Å². The number of rotatable bonds is 4. The van der Waals surface area contributed by atoms with E-state index < -0.39 is 5.91 Å². The quantitative estimate of drug-likeness (QED) is 0.838. The Kier molecular flexibility index (Phi) is 3.71.